The molecular weight excluding hydrogens is 226 g/mol. The highest BCUT2D eigenvalue weighted by Gasteiger charge is 2.10. The van der Waals surface area contributed by atoms with E-state index < -0.39 is 0 Å². The van der Waals surface area contributed by atoms with Crippen molar-refractivity contribution in [2.24, 2.45) is 0 Å². The van der Waals surface area contributed by atoms with Gasteiger partial charge in [0, 0.05) is 21.3 Å². The molecule has 0 aliphatic carbocycles. The molecule has 0 aliphatic heterocycles. The Kier molecular flexibility index (Phi) is 1.85. The van der Waals surface area contributed by atoms with Gasteiger partial charge in [-0.25, -0.2) is 4.79 Å². The normalized spacial score (nSPS) is 11.4. The highest BCUT2D eigenvalue weighted by atomic mass is 35.5. The number of aryl methyl sites for hydroxylation is 1. The molecule has 80 valence electrons. The number of aromatic nitrogens is 1. The second-order valence-corrected chi connectivity index (χ2v) is 4.21. The molecule has 0 radical (unpaired) electrons. The molecule has 3 rings (SSSR count). The van der Waals surface area contributed by atoms with E-state index in [2.05, 4.69) is 4.98 Å². The topological polar surface area (TPSA) is 46.0 Å². The minimum absolute atomic E-state index is 0.354. The van der Waals surface area contributed by atoms with E-state index in [4.69, 9.17) is 16.0 Å². The zero-order valence-electron chi connectivity index (χ0n) is 8.50. The maximum absolute atomic E-state index is 11.6. The molecule has 0 fully saturated rings. The zero-order valence-corrected chi connectivity index (χ0v) is 9.26. The number of H-pyrrole nitrogens is 1. The van der Waals surface area contributed by atoms with Crippen LogP contribution in [0.15, 0.2) is 33.7 Å². The van der Waals surface area contributed by atoms with Crippen LogP contribution in [-0.2, 0) is 0 Å². The lowest BCUT2D eigenvalue weighted by molar-refractivity contribution is 0.515. The maximum atomic E-state index is 11.6. The van der Waals surface area contributed by atoms with Crippen LogP contribution in [0.1, 0.15) is 5.56 Å². The number of aromatic amines is 1. The Labute approximate surface area is 95.6 Å². The molecule has 0 amide bonds. The van der Waals surface area contributed by atoms with Gasteiger partial charge in [0.1, 0.15) is 5.52 Å². The van der Waals surface area contributed by atoms with Crippen LogP contribution in [0.5, 0.6) is 0 Å². The lowest BCUT2D eigenvalue weighted by Gasteiger charge is -1.95. The molecule has 0 saturated carbocycles. The van der Waals surface area contributed by atoms with Crippen molar-refractivity contribution in [3.63, 3.8) is 0 Å². The smallest absolute Gasteiger partial charge is 0.360 e. The molecule has 16 heavy (non-hydrogen) atoms. The van der Waals surface area contributed by atoms with Gasteiger partial charge in [-0.1, -0.05) is 11.6 Å². The van der Waals surface area contributed by atoms with Crippen molar-refractivity contribution in [1.29, 1.82) is 0 Å². The number of nitrogens with one attached hydrogen (secondary N) is 1. The predicted octanol–water partition coefficient (Wildman–Crippen LogP) is 3.24. The summed E-state index contributed by atoms with van der Waals surface area (Å²) in [7, 11) is 0. The molecule has 0 bridgehead atoms. The quantitative estimate of drug-likeness (QED) is 0.648. The van der Waals surface area contributed by atoms with Gasteiger partial charge < -0.3 is 9.40 Å². The molecule has 2 aromatic heterocycles. The van der Waals surface area contributed by atoms with Gasteiger partial charge in [0.25, 0.3) is 0 Å². The van der Waals surface area contributed by atoms with Crippen molar-refractivity contribution in [3.8, 4) is 0 Å². The highest BCUT2D eigenvalue weighted by molar-refractivity contribution is 6.31. The molecule has 3 aromatic rings. The number of halogens is 1. The zero-order chi connectivity index (χ0) is 11.3. The standard InChI is InChI=1S/C12H8ClNO2/c1-6-5-16-12(15)11-10(6)8-4-7(13)2-3-9(8)14-11/h2-5,14H,1H3. The predicted molar refractivity (Wildman–Crippen MR) is 64.1 cm³/mol. The first kappa shape index (κ1) is 9.48. The summed E-state index contributed by atoms with van der Waals surface area (Å²) in [6, 6.07) is 5.49. The summed E-state index contributed by atoms with van der Waals surface area (Å²) in [4.78, 5) is 14.6. The van der Waals surface area contributed by atoms with Crippen molar-refractivity contribution >= 4 is 33.4 Å². The van der Waals surface area contributed by atoms with E-state index in [0.29, 0.717) is 10.5 Å². The number of benzene rings is 1. The van der Waals surface area contributed by atoms with Crippen LogP contribution in [0.4, 0.5) is 0 Å². The van der Waals surface area contributed by atoms with Gasteiger partial charge >= 0.3 is 5.63 Å². The summed E-state index contributed by atoms with van der Waals surface area (Å²) in [6.45, 7) is 1.90. The largest absolute Gasteiger partial charge is 0.430 e. The molecule has 0 spiro atoms. The van der Waals surface area contributed by atoms with Crippen LogP contribution in [0.25, 0.3) is 21.8 Å². The Morgan fingerprint density at radius 2 is 2.19 bits per heavy atom. The van der Waals surface area contributed by atoms with E-state index in [-0.39, 0.29) is 5.63 Å². The van der Waals surface area contributed by atoms with E-state index in [1.807, 2.05) is 19.1 Å². The third-order valence-electron chi connectivity index (χ3n) is 2.70. The van der Waals surface area contributed by atoms with Crippen molar-refractivity contribution in [1.82, 2.24) is 4.98 Å². The highest BCUT2D eigenvalue weighted by Crippen LogP contribution is 2.28. The molecule has 0 aliphatic rings. The Morgan fingerprint density at radius 1 is 1.38 bits per heavy atom. The lowest BCUT2D eigenvalue weighted by Crippen LogP contribution is -1.98. The van der Waals surface area contributed by atoms with Crippen LogP contribution in [0, 0.1) is 6.92 Å². The molecule has 1 aromatic carbocycles. The Morgan fingerprint density at radius 3 is 3.00 bits per heavy atom. The summed E-state index contributed by atoms with van der Waals surface area (Å²) < 4.78 is 4.91. The van der Waals surface area contributed by atoms with Crippen LogP contribution >= 0.6 is 11.6 Å². The molecule has 0 unspecified atom stereocenters. The van der Waals surface area contributed by atoms with E-state index in [0.717, 1.165) is 21.9 Å². The first-order valence-electron chi connectivity index (χ1n) is 4.86. The van der Waals surface area contributed by atoms with Gasteiger partial charge in [0.05, 0.1) is 6.26 Å². The second-order valence-electron chi connectivity index (χ2n) is 3.77. The van der Waals surface area contributed by atoms with E-state index in [1.165, 1.54) is 6.26 Å². The van der Waals surface area contributed by atoms with Crippen molar-refractivity contribution in [2.45, 2.75) is 6.92 Å². The third-order valence-corrected chi connectivity index (χ3v) is 2.94. The third kappa shape index (κ3) is 1.18. The van der Waals surface area contributed by atoms with Crippen molar-refractivity contribution < 1.29 is 4.42 Å². The van der Waals surface area contributed by atoms with Crippen LogP contribution in [-0.4, -0.2) is 4.98 Å². The molecule has 4 heteroatoms. The van der Waals surface area contributed by atoms with E-state index >= 15 is 0 Å². The molecule has 2 heterocycles. The second kappa shape index (κ2) is 3.12. The number of fused-ring (bicyclic) bond motifs is 3. The van der Waals surface area contributed by atoms with E-state index in [1.54, 1.807) is 6.07 Å². The Balaban J connectivity index is 2.67. The summed E-state index contributed by atoms with van der Waals surface area (Å²) >= 11 is 5.95. The van der Waals surface area contributed by atoms with Crippen LogP contribution in [0.3, 0.4) is 0 Å². The summed E-state index contributed by atoms with van der Waals surface area (Å²) in [5, 5.41) is 2.49. The molecule has 1 N–H and O–H groups in total. The van der Waals surface area contributed by atoms with Crippen LogP contribution < -0.4 is 5.63 Å². The number of hydrogen-bond acceptors (Lipinski definition) is 2. The fourth-order valence-corrected chi connectivity index (χ4v) is 2.16. The van der Waals surface area contributed by atoms with Gasteiger partial charge in [-0.05, 0) is 30.7 Å². The molecule has 0 atom stereocenters. The fourth-order valence-electron chi connectivity index (χ4n) is 1.99. The first-order valence-corrected chi connectivity index (χ1v) is 5.24. The monoisotopic (exact) mass is 233 g/mol. The lowest BCUT2D eigenvalue weighted by atomic mass is 10.1. The average molecular weight is 234 g/mol. The first-order chi connectivity index (χ1) is 7.66. The fraction of sp³-hybridized carbons (Fsp3) is 0.0833. The van der Waals surface area contributed by atoms with Gasteiger partial charge in [-0.2, -0.15) is 0 Å². The van der Waals surface area contributed by atoms with Gasteiger partial charge in [0.2, 0.25) is 0 Å². The van der Waals surface area contributed by atoms with E-state index in [9.17, 15) is 4.79 Å². The Hall–Kier alpha value is -1.74. The van der Waals surface area contributed by atoms with Crippen LogP contribution in [0.2, 0.25) is 5.02 Å². The SMILES string of the molecule is Cc1coc(=O)c2[nH]c3ccc(Cl)cc3c12. The number of rotatable bonds is 0. The summed E-state index contributed by atoms with van der Waals surface area (Å²) in [5.74, 6) is 0. The average Bonchev–Trinajstić information content (AvgIpc) is 2.63. The van der Waals surface area contributed by atoms with Crippen molar-refractivity contribution in [2.75, 3.05) is 0 Å². The van der Waals surface area contributed by atoms with Gasteiger partial charge in [0.15, 0.2) is 0 Å². The van der Waals surface area contributed by atoms with Crippen molar-refractivity contribution in [3.05, 3.63) is 45.5 Å². The van der Waals surface area contributed by atoms with Gasteiger partial charge in [-0.15, -0.1) is 0 Å². The molecule has 0 saturated heterocycles. The minimum atomic E-state index is -0.354. The Bertz CT molecular complexity index is 755. The minimum Gasteiger partial charge on any atom is -0.430 e. The van der Waals surface area contributed by atoms with Gasteiger partial charge in [-0.3, -0.25) is 0 Å². The molecular formula is C12H8ClNO2. The number of hydrogen-bond donors (Lipinski definition) is 1. The maximum Gasteiger partial charge on any atom is 0.360 e. The summed E-state index contributed by atoms with van der Waals surface area (Å²) in [5.41, 5.74) is 1.95. The molecule has 3 nitrogen and oxygen atoms in total. The summed E-state index contributed by atoms with van der Waals surface area (Å²) in [6.07, 6.45) is 1.47.